The van der Waals surface area contributed by atoms with Crippen molar-refractivity contribution in [2.75, 3.05) is 19.8 Å². The van der Waals surface area contributed by atoms with E-state index in [2.05, 4.69) is 22.3 Å². The molecular weight excluding hydrogens is 590 g/mol. The van der Waals surface area contributed by atoms with E-state index < -0.39 is 12.1 Å². The number of hydrogen-bond donors (Lipinski definition) is 1. The molecule has 46 heavy (non-hydrogen) atoms. The zero-order chi connectivity index (χ0) is 33.5. The van der Waals surface area contributed by atoms with Gasteiger partial charge in [0.1, 0.15) is 29.2 Å². The van der Waals surface area contributed by atoms with Gasteiger partial charge < -0.3 is 24.3 Å². The first-order valence-electron chi connectivity index (χ1n) is 16.5. The smallest absolute Gasteiger partial charge is 0.347 e. The number of hydrogen-bond acceptors (Lipinski definition) is 10. The van der Waals surface area contributed by atoms with E-state index in [9.17, 15) is 14.4 Å². The topological polar surface area (TPSA) is 144 Å². The first kappa shape index (κ1) is 36.3. The summed E-state index contributed by atoms with van der Waals surface area (Å²) in [6, 6.07) is 5.08. The summed E-state index contributed by atoms with van der Waals surface area (Å²) in [5, 5.41) is 7.64. The van der Waals surface area contributed by atoms with E-state index in [0.29, 0.717) is 72.9 Å². The molecule has 252 valence electrons. The highest BCUT2D eigenvalue weighted by Gasteiger charge is 2.23. The van der Waals surface area contributed by atoms with Crippen molar-refractivity contribution in [3.8, 4) is 11.6 Å². The Hall–Kier alpha value is -4.22. The second-order valence-electron chi connectivity index (χ2n) is 10.9. The van der Waals surface area contributed by atoms with Crippen molar-refractivity contribution in [3.63, 3.8) is 0 Å². The minimum atomic E-state index is -0.770. The Labute approximate surface area is 271 Å². The van der Waals surface area contributed by atoms with Gasteiger partial charge in [-0.3, -0.25) is 14.3 Å². The third kappa shape index (κ3) is 10.1. The predicted octanol–water partition coefficient (Wildman–Crippen LogP) is 5.42. The maximum atomic E-state index is 13.4. The molecule has 1 atom stereocenters. The van der Waals surface area contributed by atoms with Crippen molar-refractivity contribution >= 4 is 28.9 Å². The summed E-state index contributed by atoms with van der Waals surface area (Å²) in [5.41, 5.74) is 3.32. The maximum absolute atomic E-state index is 13.4. The SMILES string of the molecule is CCCc1nn(C)c2c(OCc3cc(OC(CCC)C(=O)OCC)ccc3C(=O)NCCCCCC(=O)OCC)nc(CC)nc12. The second-order valence-corrected chi connectivity index (χ2v) is 10.9. The van der Waals surface area contributed by atoms with Crippen LogP contribution in [0.25, 0.3) is 11.0 Å². The number of carbonyl (C=O) groups is 3. The number of ether oxygens (including phenoxy) is 4. The van der Waals surface area contributed by atoms with Crippen LogP contribution in [-0.4, -0.2) is 63.5 Å². The van der Waals surface area contributed by atoms with E-state index >= 15 is 0 Å². The molecule has 0 aliphatic carbocycles. The largest absolute Gasteiger partial charge is 0.479 e. The molecule has 2 aromatic heterocycles. The third-order valence-electron chi connectivity index (χ3n) is 7.28. The number of unbranched alkanes of at least 4 members (excludes halogenated alkanes) is 2. The van der Waals surface area contributed by atoms with E-state index in [1.807, 2.05) is 20.9 Å². The lowest BCUT2D eigenvalue weighted by Crippen LogP contribution is -2.29. The normalized spacial score (nSPS) is 11.7. The molecule has 1 amide bonds. The van der Waals surface area contributed by atoms with Crippen LogP contribution in [0.15, 0.2) is 18.2 Å². The van der Waals surface area contributed by atoms with Gasteiger partial charge in [0, 0.05) is 37.6 Å². The van der Waals surface area contributed by atoms with Gasteiger partial charge in [0.05, 0.1) is 18.9 Å². The molecule has 0 fully saturated rings. The highest BCUT2D eigenvalue weighted by Crippen LogP contribution is 2.28. The zero-order valence-electron chi connectivity index (χ0n) is 28.1. The van der Waals surface area contributed by atoms with E-state index in [-0.39, 0.29) is 25.1 Å². The Balaban J connectivity index is 1.85. The number of aromatic nitrogens is 4. The van der Waals surface area contributed by atoms with Crippen LogP contribution in [0.5, 0.6) is 11.6 Å². The average molecular weight is 640 g/mol. The molecule has 3 rings (SSSR count). The summed E-state index contributed by atoms with van der Waals surface area (Å²) in [6.07, 6.45) is 5.33. The van der Waals surface area contributed by atoms with Gasteiger partial charge in [-0.1, -0.05) is 40.0 Å². The fourth-order valence-electron chi connectivity index (χ4n) is 5.03. The van der Waals surface area contributed by atoms with Crippen molar-refractivity contribution in [2.24, 2.45) is 7.05 Å². The first-order valence-corrected chi connectivity index (χ1v) is 16.5. The van der Waals surface area contributed by atoms with Crippen molar-refractivity contribution in [1.82, 2.24) is 25.1 Å². The van der Waals surface area contributed by atoms with Crippen LogP contribution < -0.4 is 14.8 Å². The number of nitrogens with one attached hydrogen (secondary N) is 1. The van der Waals surface area contributed by atoms with Crippen LogP contribution >= 0.6 is 0 Å². The van der Waals surface area contributed by atoms with Crippen LogP contribution in [0.2, 0.25) is 0 Å². The molecule has 3 aromatic rings. The van der Waals surface area contributed by atoms with E-state index in [0.717, 1.165) is 43.3 Å². The maximum Gasteiger partial charge on any atom is 0.347 e. The lowest BCUT2D eigenvalue weighted by Gasteiger charge is -2.19. The van der Waals surface area contributed by atoms with Gasteiger partial charge in [0.25, 0.3) is 5.91 Å². The van der Waals surface area contributed by atoms with Gasteiger partial charge in [0.15, 0.2) is 6.10 Å². The summed E-state index contributed by atoms with van der Waals surface area (Å²) in [4.78, 5) is 46.9. The number of nitrogens with zero attached hydrogens (tertiary/aromatic N) is 4. The zero-order valence-corrected chi connectivity index (χ0v) is 28.1. The van der Waals surface area contributed by atoms with Crippen LogP contribution in [0.3, 0.4) is 0 Å². The molecule has 0 radical (unpaired) electrons. The van der Waals surface area contributed by atoms with E-state index in [1.165, 1.54) is 0 Å². The van der Waals surface area contributed by atoms with Crippen molar-refractivity contribution in [1.29, 1.82) is 0 Å². The molecule has 0 aliphatic heterocycles. The van der Waals surface area contributed by atoms with Gasteiger partial charge in [-0.05, 0) is 57.7 Å². The fraction of sp³-hybridized carbons (Fsp3) is 0.588. The van der Waals surface area contributed by atoms with Crippen molar-refractivity contribution in [3.05, 3.63) is 40.8 Å². The standard InChI is InChI=1S/C34H49N5O7/c1-7-15-26-30-31(39(6)38-26)33(37-28(9-3)36-30)45-22-23-21-24(46-27(16-8-2)34(42)44-11-5)18-19-25(23)32(41)35-20-14-12-13-17-29(40)43-10-4/h18-19,21,27H,7-17,20,22H2,1-6H3,(H,35,41). The summed E-state index contributed by atoms with van der Waals surface area (Å²) in [7, 11) is 1.84. The minimum absolute atomic E-state index is 0.0148. The lowest BCUT2D eigenvalue weighted by atomic mass is 10.1. The number of aryl methyl sites for hydroxylation is 3. The minimum Gasteiger partial charge on any atom is -0.479 e. The molecule has 0 spiro atoms. The average Bonchev–Trinajstić information content (AvgIpc) is 3.36. The molecule has 1 N–H and O–H groups in total. The summed E-state index contributed by atoms with van der Waals surface area (Å²) in [6.45, 7) is 10.7. The molecular formula is C34H49N5O7. The number of amides is 1. The highest BCUT2D eigenvalue weighted by atomic mass is 16.6. The van der Waals surface area contributed by atoms with Gasteiger partial charge in [-0.15, -0.1) is 0 Å². The van der Waals surface area contributed by atoms with Crippen LogP contribution in [0.4, 0.5) is 0 Å². The number of benzene rings is 1. The van der Waals surface area contributed by atoms with Crippen LogP contribution in [-0.2, 0) is 45.6 Å². The Kier molecular flexibility index (Phi) is 14.7. The van der Waals surface area contributed by atoms with Crippen molar-refractivity contribution < 1.29 is 33.3 Å². The summed E-state index contributed by atoms with van der Waals surface area (Å²) < 4.78 is 24.3. The monoisotopic (exact) mass is 639 g/mol. The summed E-state index contributed by atoms with van der Waals surface area (Å²) >= 11 is 0. The lowest BCUT2D eigenvalue weighted by molar-refractivity contribution is -0.151. The molecule has 12 heteroatoms. The third-order valence-corrected chi connectivity index (χ3v) is 7.28. The van der Waals surface area contributed by atoms with Crippen LogP contribution in [0.1, 0.15) is 107 Å². The molecule has 0 aliphatic rings. The molecule has 12 nitrogen and oxygen atoms in total. The number of fused-ring (bicyclic) bond motifs is 1. The van der Waals surface area contributed by atoms with Gasteiger partial charge in [-0.2, -0.15) is 10.1 Å². The van der Waals surface area contributed by atoms with E-state index in [1.54, 1.807) is 36.7 Å². The van der Waals surface area contributed by atoms with Gasteiger partial charge in [0.2, 0.25) is 5.88 Å². The predicted molar refractivity (Wildman–Crippen MR) is 174 cm³/mol. The Morgan fingerprint density at radius 3 is 2.43 bits per heavy atom. The quantitative estimate of drug-likeness (QED) is 0.126. The first-order chi connectivity index (χ1) is 22.3. The van der Waals surface area contributed by atoms with Gasteiger partial charge >= 0.3 is 11.9 Å². The highest BCUT2D eigenvalue weighted by molar-refractivity contribution is 5.96. The molecule has 1 aromatic carbocycles. The molecule has 0 saturated carbocycles. The number of esters is 2. The molecule has 0 saturated heterocycles. The molecule has 2 heterocycles. The Morgan fingerprint density at radius 1 is 0.957 bits per heavy atom. The van der Waals surface area contributed by atoms with Crippen molar-refractivity contribution in [2.45, 2.75) is 105 Å². The van der Waals surface area contributed by atoms with E-state index in [4.69, 9.17) is 23.9 Å². The second kappa shape index (κ2) is 18.7. The van der Waals surface area contributed by atoms with Gasteiger partial charge in [-0.25, -0.2) is 9.78 Å². The fourth-order valence-corrected chi connectivity index (χ4v) is 5.03. The number of rotatable bonds is 20. The number of carbonyl (C=O) groups excluding carboxylic acids is 3. The molecule has 1 unspecified atom stereocenters. The molecule has 0 bridgehead atoms. The Morgan fingerprint density at radius 2 is 1.74 bits per heavy atom. The summed E-state index contributed by atoms with van der Waals surface area (Å²) in [5.74, 6) is 0.549. The Bertz CT molecular complexity index is 1460. The van der Waals surface area contributed by atoms with Crippen LogP contribution in [0, 0.1) is 0 Å².